The molecule has 0 radical (unpaired) electrons. The molecule has 0 spiro atoms. The highest BCUT2D eigenvalue weighted by atomic mass is 19.4. The fraction of sp³-hybridized carbons (Fsp3) is 0.600. The molecule has 0 N–H and O–H groups in total. The molecule has 0 heterocycles. The first-order chi connectivity index (χ1) is 14.7. The summed E-state index contributed by atoms with van der Waals surface area (Å²) in [6, 6.07) is 1.87. The standard InChI is InChI=1S/C25H31F5O/c1-3-16(2)4-5-17-6-8-18(9-7-17)19-10-12-20(13-11-19)21-14-22(26)24(23(27)15-21)31-25(28,29)30/h12,14-15,17-19H,2-11,13H2,1H3. The van der Waals surface area contributed by atoms with Crippen molar-refractivity contribution in [2.75, 3.05) is 0 Å². The summed E-state index contributed by atoms with van der Waals surface area (Å²) in [7, 11) is 0. The minimum absolute atomic E-state index is 0.294. The molecular weight excluding hydrogens is 411 g/mol. The molecule has 1 aromatic rings. The zero-order valence-electron chi connectivity index (χ0n) is 18.0. The number of ether oxygens (including phenoxy) is 1. The normalized spacial score (nSPS) is 24.6. The van der Waals surface area contributed by atoms with Crippen LogP contribution in [0.3, 0.4) is 0 Å². The van der Waals surface area contributed by atoms with Gasteiger partial charge < -0.3 is 4.74 Å². The Bertz CT molecular complexity index is 780. The second kappa shape index (κ2) is 10.2. The second-order valence-electron chi connectivity index (χ2n) is 9.00. The van der Waals surface area contributed by atoms with Crippen molar-refractivity contribution in [1.82, 2.24) is 0 Å². The molecule has 0 bridgehead atoms. The summed E-state index contributed by atoms with van der Waals surface area (Å²) in [5.74, 6) is -2.03. The fourth-order valence-electron chi connectivity index (χ4n) is 5.04. The van der Waals surface area contributed by atoms with Gasteiger partial charge in [-0.1, -0.05) is 38.0 Å². The average molecular weight is 443 g/mol. The molecule has 3 rings (SSSR count). The zero-order chi connectivity index (χ0) is 22.6. The maximum atomic E-state index is 14.0. The van der Waals surface area contributed by atoms with E-state index in [2.05, 4.69) is 18.2 Å². The zero-order valence-corrected chi connectivity index (χ0v) is 18.0. The quantitative estimate of drug-likeness (QED) is 0.303. The lowest BCUT2D eigenvalue weighted by Gasteiger charge is -2.35. The van der Waals surface area contributed by atoms with E-state index in [-0.39, 0.29) is 0 Å². The lowest BCUT2D eigenvalue weighted by Crippen LogP contribution is -2.23. The van der Waals surface area contributed by atoms with Gasteiger partial charge in [-0.15, -0.1) is 13.2 Å². The van der Waals surface area contributed by atoms with Gasteiger partial charge in [0.15, 0.2) is 11.6 Å². The highest BCUT2D eigenvalue weighted by Gasteiger charge is 2.34. The van der Waals surface area contributed by atoms with Crippen LogP contribution in [0.15, 0.2) is 30.4 Å². The molecule has 1 unspecified atom stereocenters. The largest absolute Gasteiger partial charge is 0.573 e. The molecule has 1 nitrogen and oxygen atoms in total. The smallest absolute Gasteiger partial charge is 0.399 e. The van der Waals surface area contributed by atoms with E-state index in [0.717, 1.165) is 49.3 Å². The van der Waals surface area contributed by atoms with Crippen molar-refractivity contribution < 1.29 is 26.7 Å². The van der Waals surface area contributed by atoms with E-state index < -0.39 is 23.7 Å². The predicted octanol–water partition coefficient (Wildman–Crippen LogP) is 8.60. The van der Waals surface area contributed by atoms with E-state index in [0.29, 0.717) is 23.8 Å². The predicted molar refractivity (Wildman–Crippen MR) is 112 cm³/mol. The van der Waals surface area contributed by atoms with E-state index in [1.165, 1.54) is 37.7 Å². The molecule has 1 fully saturated rings. The molecule has 1 saturated carbocycles. The summed E-state index contributed by atoms with van der Waals surface area (Å²) in [4.78, 5) is 0. The van der Waals surface area contributed by atoms with Crippen molar-refractivity contribution in [2.45, 2.75) is 77.5 Å². The van der Waals surface area contributed by atoms with E-state index in [4.69, 9.17) is 0 Å². The molecule has 1 atom stereocenters. The first-order valence-corrected chi connectivity index (χ1v) is 11.3. The number of hydrogen-bond donors (Lipinski definition) is 0. The topological polar surface area (TPSA) is 9.23 Å². The maximum Gasteiger partial charge on any atom is 0.573 e. The minimum Gasteiger partial charge on any atom is -0.399 e. The van der Waals surface area contributed by atoms with Crippen LogP contribution >= 0.6 is 0 Å². The van der Waals surface area contributed by atoms with Gasteiger partial charge in [0.2, 0.25) is 5.75 Å². The van der Waals surface area contributed by atoms with Crippen molar-refractivity contribution in [3.63, 3.8) is 0 Å². The molecule has 6 heteroatoms. The summed E-state index contributed by atoms with van der Waals surface area (Å²) in [5, 5.41) is 0. The molecule has 172 valence electrons. The Kier molecular flexibility index (Phi) is 7.82. The van der Waals surface area contributed by atoms with Gasteiger partial charge in [-0.05, 0) is 92.4 Å². The Labute approximate surface area is 181 Å². The van der Waals surface area contributed by atoms with Crippen LogP contribution < -0.4 is 4.74 Å². The van der Waals surface area contributed by atoms with E-state index in [1.54, 1.807) is 0 Å². The molecule has 0 amide bonds. The Morgan fingerprint density at radius 3 is 2.19 bits per heavy atom. The SMILES string of the molecule is C=C(CC)CCC1CCC(C2CC=C(c3cc(F)c(OC(F)(F)F)c(F)c3)CC2)CC1. The van der Waals surface area contributed by atoms with Crippen LogP contribution in [0.1, 0.15) is 76.7 Å². The van der Waals surface area contributed by atoms with Crippen LogP contribution in [0.25, 0.3) is 5.57 Å². The van der Waals surface area contributed by atoms with E-state index in [1.807, 2.05) is 6.08 Å². The fourth-order valence-corrected chi connectivity index (χ4v) is 5.04. The molecule has 1 aromatic carbocycles. The number of alkyl halides is 3. The van der Waals surface area contributed by atoms with Crippen molar-refractivity contribution in [2.24, 2.45) is 17.8 Å². The summed E-state index contributed by atoms with van der Waals surface area (Å²) >= 11 is 0. The molecule has 0 aromatic heterocycles. The summed E-state index contributed by atoms with van der Waals surface area (Å²) in [5.41, 5.74) is 2.42. The number of allylic oxidation sites excluding steroid dienone is 3. The van der Waals surface area contributed by atoms with E-state index >= 15 is 0 Å². The summed E-state index contributed by atoms with van der Waals surface area (Å²) < 4.78 is 68.5. The van der Waals surface area contributed by atoms with Crippen LogP contribution in [0.4, 0.5) is 22.0 Å². The molecule has 31 heavy (non-hydrogen) atoms. The van der Waals surface area contributed by atoms with Crippen LogP contribution in [0, 0.1) is 29.4 Å². The van der Waals surface area contributed by atoms with Crippen molar-refractivity contribution in [3.8, 4) is 5.75 Å². The lowest BCUT2D eigenvalue weighted by atomic mass is 9.70. The van der Waals surface area contributed by atoms with Crippen molar-refractivity contribution in [1.29, 1.82) is 0 Å². The molecule has 2 aliphatic carbocycles. The minimum atomic E-state index is -5.14. The Hall–Kier alpha value is -1.85. The maximum absolute atomic E-state index is 14.0. The van der Waals surface area contributed by atoms with Crippen LogP contribution in [0.2, 0.25) is 0 Å². The van der Waals surface area contributed by atoms with Gasteiger partial charge >= 0.3 is 6.36 Å². The average Bonchev–Trinajstić information content (AvgIpc) is 2.74. The number of halogens is 5. The van der Waals surface area contributed by atoms with E-state index in [9.17, 15) is 22.0 Å². The molecule has 0 aliphatic heterocycles. The van der Waals surface area contributed by atoms with Crippen LogP contribution in [0.5, 0.6) is 5.75 Å². The monoisotopic (exact) mass is 442 g/mol. The van der Waals surface area contributed by atoms with Crippen LogP contribution in [-0.2, 0) is 0 Å². The van der Waals surface area contributed by atoms with Gasteiger partial charge in [-0.25, -0.2) is 8.78 Å². The van der Waals surface area contributed by atoms with Gasteiger partial charge in [-0.3, -0.25) is 0 Å². The number of benzene rings is 1. The third-order valence-electron chi connectivity index (χ3n) is 7.00. The van der Waals surface area contributed by atoms with Gasteiger partial charge in [0, 0.05) is 0 Å². The molecule has 0 saturated heterocycles. The first-order valence-electron chi connectivity index (χ1n) is 11.3. The highest BCUT2D eigenvalue weighted by Crippen LogP contribution is 2.43. The first kappa shape index (κ1) is 23.8. The molecule has 2 aliphatic rings. The van der Waals surface area contributed by atoms with Gasteiger partial charge in [0.05, 0.1) is 0 Å². The Balaban J connectivity index is 1.55. The summed E-state index contributed by atoms with van der Waals surface area (Å²) in [6.07, 6.45) is 7.72. The van der Waals surface area contributed by atoms with Crippen molar-refractivity contribution in [3.05, 3.63) is 47.6 Å². The van der Waals surface area contributed by atoms with Gasteiger partial charge in [0.1, 0.15) is 0 Å². The van der Waals surface area contributed by atoms with Crippen molar-refractivity contribution >= 4 is 5.57 Å². The van der Waals surface area contributed by atoms with Gasteiger partial charge in [0.25, 0.3) is 0 Å². The Morgan fingerprint density at radius 2 is 1.68 bits per heavy atom. The van der Waals surface area contributed by atoms with Crippen LogP contribution in [-0.4, -0.2) is 6.36 Å². The number of rotatable bonds is 7. The third kappa shape index (κ3) is 6.56. The third-order valence-corrected chi connectivity index (χ3v) is 7.00. The highest BCUT2D eigenvalue weighted by molar-refractivity contribution is 5.67. The molecular formula is C25H31F5O. The van der Waals surface area contributed by atoms with Gasteiger partial charge in [-0.2, -0.15) is 0 Å². The Morgan fingerprint density at radius 1 is 1.03 bits per heavy atom. The lowest BCUT2D eigenvalue weighted by molar-refractivity contribution is -0.276. The summed E-state index contributed by atoms with van der Waals surface area (Å²) in [6.45, 7) is 6.25. The second-order valence-corrected chi connectivity index (χ2v) is 9.00. The number of hydrogen-bond acceptors (Lipinski definition) is 1.